The van der Waals surface area contributed by atoms with Crippen molar-refractivity contribution in [3.63, 3.8) is 0 Å². The van der Waals surface area contributed by atoms with Gasteiger partial charge in [-0.25, -0.2) is 0 Å². The molecule has 0 aliphatic rings. The van der Waals surface area contributed by atoms with Crippen molar-refractivity contribution in [2.75, 3.05) is 27.3 Å². The van der Waals surface area contributed by atoms with Crippen molar-refractivity contribution in [2.45, 2.75) is 51.9 Å². The van der Waals surface area contributed by atoms with Crippen LogP contribution in [-0.2, 0) is 23.9 Å². The quantitative estimate of drug-likeness (QED) is 0.430. The van der Waals surface area contributed by atoms with Crippen LogP contribution in [0.2, 0.25) is 0 Å². The summed E-state index contributed by atoms with van der Waals surface area (Å²) >= 11 is 0. The molecular weight excluding hydrogens is 274 g/mol. The highest BCUT2D eigenvalue weighted by Crippen LogP contribution is 2.08. The molecule has 0 rings (SSSR count). The maximum Gasteiger partial charge on any atom is 0.325 e. The molecule has 0 aliphatic heterocycles. The van der Waals surface area contributed by atoms with E-state index in [4.69, 9.17) is 0 Å². The van der Waals surface area contributed by atoms with Gasteiger partial charge in [0.05, 0.1) is 14.2 Å². The first-order valence-corrected chi connectivity index (χ1v) is 7.46. The summed E-state index contributed by atoms with van der Waals surface area (Å²) in [6.45, 7) is 1.71. The van der Waals surface area contributed by atoms with E-state index < -0.39 is 11.9 Å². The van der Waals surface area contributed by atoms with Crippen molar-refractivity contribution in [1.82, 2.24) is 4.90 Å². The van der Waals surface area contributed by atoms with Crippen molar-refractivity contribution >= 4 is 17.8 Å². The zero-order chi connectivity index (χ0) is 16.1. The second kappa shape index (κ2) is 12.2. The highest BCUT2D eigenvalue weighted by molar-refractivity contribution is 5.85. The number of methoxy groups -OCH3 is 2. The number of carbonyl (C=O) groups is 3. The van der Waals surface area contributed by atoms with E-state index in [9.17, 15) is 14.4 Å². The van der Waals surface area contributed by atoms with E-state index in [1.54, 1.807) is 0 Å². The van der Waals surface area contributed by atoms with Gasteiger partial charge in [0.1, 0.15) is 13.1 Å². The number of carbonyl (C=O) groups excluding carboxylic acids is 3. The van der Waals surface area contributed by atoms with Gasteiger partial charge >= 0.3 is 11.9 Å². The highest BCUT2D eigenvalue weighted by atomic mass is 16.5. The summed E-state index contributed by atoms with van der Waals surface area (Å²) in [5.74, 6) is -1.31. The molecule has 0 aliphatic carbocycles. The van der Waals surface area contributed by atoms with E-state index in [0.29, 0.717) is 6.42 Å². The van der Waals surface area contributed by atoms with Crippen LogP contribution in [0.1, 0.15) is 51.9 Å². The Bertz CT molecular complexity index is 312. The second-order valence-corrected chi connectivity index (χ2v) is 4.92. The third kappa shape index (κ3) is 9.87. The minimum absolute atomic E-state index is 0.221. The van der Waals surface area contributed by atoms with E-state index in [1.807, 2.05) is 0 Å². The van der Waals surface area contributed by atoms with Gasteiger partial charge in [-0.1, -0.05) is 39.0 Å². The van der Waals surface area contributed by atoms with Gasteiger partial charge in [-0.3, -0.25) is 14.4 Å². The third-order valence-electron chi connectivity index (χ3n) is 3.19. The summed E-state index contributed by atoms with van der Waals surface area (Å²) in [5.41, 5.74) is 0. The summed E-state index contributed by atoms with van der Waals surface area (Å²) < 4.78 is 9.06. The van der Waals surface area contributed by atoms with Gasteiger partial charge in [0.15, 0.2) is 0 Å². The Labute approximate surface area is 126 Å². The molecule has 21 heavy (non-hydrogen) atoms. The first kappa shape index (κ1) is 19.4. The largest absolute Gasteiger partial charge is 0.468 e. The molecule has 0 fully saturated rings. The molecule has 0 heterocycles. The molecule has 0 radical (unpaired) electrons. The minimum atomic E-state index is -0.546. The number of hydrogen-bond acceptors (Lipinski definition) is 5. The number of ether oxygens (including phenoxy) is 2. The molecule has 0 aromatic heterocycles. The molecule has 0 aromatic rings. The van der Waals surface area contributed by atoms with Crippen molar-refractivity contribution in [2.24, 2.45) is 0 Å². The number of unbranched alkanes of at least 4 members (excludes halogenated alkanes) is 5. The van der Waals surface area contributed by atoms with Crippen molar-refractivity contribution in [3.8, 4) is 0 Å². The molecule has 0 bridgehead atoms. The average Bonchev–Trinajstić information content (AvgIpc) is 2.49. The maximum absolute atomic E-state index is 12.0. The summed E-state index contributed by atoms with van der Waals surface area (Å²) in [6.07, 6.45) is 6.76. The summed E-state index contributed by atoms with van der Waals surface area (Å²) in [7, 11) is 2.49. The normalized spacial score (nSPS) is 10.0. The molecule has 0 unspecified atom stereocenters. The Morgan fingerprint density at radius 2 is 1.29 bits per heavy atom. The fourth-order valence-corrected chi connectivity index (χ4v) is 1.89. The predicted molar refractivity (Wildman–Crippen MR) is 78.6 cm³/mol. The lowest BCUT2D eigenvalue weighted by atomic mass is 10.1. The summed E-state index contributed by atoms with van der Waals surface area (Å²) in [4.78, 5) is 35.8. The average molecular weight is 301 g/mol. The van der Waals surface area contributed by atoms with Gasteiger partial charge < -0.3 is 14.4 Å². The standard InChI is InChI=1S/C15H27NO5/c1-4-5-6-7-8-9-10-13(17)16(11-14(18)20-2)12-15(19)21-3/h4-12H2,1-3H3. The van der Waals surface area contributed by atoms with Gasteiger partial charge in [0.2, 0.25) is 5.91 Å². The summed E-state index contributed by atoms with van der Waals surface area (Å²) in [5, 5.41) is 0. The predicted octanol–water partition coefficient (Wildman–Crippen LogP) is 1.91. The Morgan fingerprint density at radius 3 is 1.76 bits per heavy atom. The zero-order valence-corrected chi connectivity index (χ0v) is 13.4. The molecule has 1 amide bonds. The third-order valence-corrected chi connectivity index (χ3v) is 3.19. The lowest BCUT2D eigenvalue weighted by Gasteiger charge is -2.20. The molecule has 122 valence electrons. The lowest BCUT2D eigenvalue weighted by Crippen LogP contribution is -2.40. The topological polar surface area (TPSA) is 72.9 Å². The van der Waals surface area contributed by atoms with Crippen LogP contribution in [0.15, 0.2) is 0 Å². The molecule has 0 aromatic carbocycles. The monoisotopic (exact) mass is 301 g/mol. The number of amides is 1. The molecule has 6 heteroatoms. The first-order chi connectivity index (χ1) is 10.0. The lowest BCUT2D eigenvalue weighted by molar-refractivity contribution is -0.152. The van der Waals surface area contributed by atoms with Crippen LogP contribution < -0.4 is 0 Å². The summed E-state index contributed by atoms with van der Waals surface area (Å²) in [6, 6.07) is 0. The minimum Gasteiger partial charge on any atom is -0.468 e. The number of rotatable bonds is 11. The second-order valence-electron chi connectivity index (χ2n) is 4.92. The zero-order valence-electron chi connectivity index (χ0n) is 13.4. The van der Waals surface area contributed by atoms with Crippen molar-refractivity contribution < 1.29 is 23.9 Å². The maximum atomic E-state index is 12.0. The van der Waals surface area contributed by atoms with E-state index in [1.165, 1.54) is 38.4 Å². The number of hydrogen-bond donors (Lipinski definition) is 0. The van der Waals surface area contributed by atoms with Crippen LogP contribution in [0.25, 0.3) is 0 Å². The molecule has 6 nitrogen and oxygen atoms in total. The van der Waals surface area contributed by atoms with Gasteiger partial charge in [0, 0.05) is 6.42 Å². The number of nitrogens with zero attached hydrogens (tertiary/aromatic N) is 1. The smallest absolute Gasteiger partial charge is 0.325 e. The fraction of sp³-hybridized carbons (Fsp3) is 0.800. The Kier molecular flexibility index (Phi) is 11.3. The van der Waals surface area contributed by atoms with Crippen LogP contribution in [0, 0.1) is 0 Å². The van der Waals surface area contributed by atoms with E-state index in [-0.39, 0.29) is 19.0 Å². The van der Waals surface area contributed by atoms with Crippen LogP contribution in [-0.4, -0.2) is 50.1 Å². The molecular formula is C15H27NO5. The van der Waals surface area contributed by atoms with Gasteiger partial charge in [-0.05, 0) is 6.42 Å². The molecule has 0 saturated carbocycles. The van der Waals surface area contributed by atoms with Crippen molar-refractivity contribution in [3.05, 3.63) is 0 Å². The number of esters is 2. The molecule has 0 atom stereocenters. The van der Waals surface area contributed by atoms with E-state index in [0.717, 1.165) is 19.3 Å². The van der Waals surface area contributed by atoms with Crippen molar-refractivity contribution in [1.29, 1.82) is 0 Å². The van der Waals surface area contributed by atoms with Crippen LogP contribution >= 0.6 is 0 Å². The Balaban J connectivity index is 4.17. The van der Waals surface area contributed by atoms with Crippen LogP contribution in [0.3, 0.4) is 0 Å². The fourth-order valence-electron chi connectivity index (χ4n) is 1.89. The molecule has 0 spiro atoms. The van der Waals surface area contributed by atoms with E-state index >= 15 is 0 Å². The van der Waals surface area contributed by atoms with Gasteiger partial charge in [0.25, 0.3) is 0 Å². The SMILES string of the molecule is CCCCCCCCC(=O)N(CC(=O)OC)CC(=O)OC. The Morgan fingerprint density at radius 1 is 0.810 bits per heavy atom. The first-order valence-electron chi connectivity index (χ1n) is 7.46. The highest BCUT2D eigenvalue weighted by Gasteiger charge is 2.20. The molecule has 0 saturated heterocycles. The van der Waals surface area contributed by atoms with Gasteiger partial charge in [-0.15, -0.1) is 0 Å². The van der Waals surface area contributed by atoms with Crippen LogP contribution in [0.5, 0.6) is 0 Å². The van der Waals surface area contributed by atoms with Gasteiger partial charge in [-0.2, -0.15) is 0 Å². The van der Waals surface area contributed by atoms with Crippen LogP contribution in [0.4, 0.5) is 0 Å². The Hall–Kier alpha value is -1.59. The van der Waals surface area contributed by atoms with E-state index in [2.05, 4.69) is 16.4 Å². The molecule has 0 N–H and O–H groups in total.